The lowest BCUT2D eigenvalue weighted by molar-refractivity contribution is -0.117. The highest BCUT2D eigenvalue weighted by atomic mass is 16.5. The van der Waals surface area contributed by atoms with Gasteiger partial charge in [0.25, 0.3) is 0 Å². The summed E-state index contributed by atoms with van der Waals surface area (Å²) in [6.45, 7) is 15.3. The second-order valence-corrected chi connectivity index (χ2v) is 13.5. The van der Waals surface area contributed by atoms with Crippen LogP contribution in [0, 0.1) is 19.3 Å². The molecule has 2 N–H and O–H groups in total. The minimum atomic E-state index is -0.198. The number of fused-ring (bicyclic) bond motifs is 1. The van der Waals surface area contributed by atoms with Gasteiger partial charge in [-0.05, 0) is 58.6 Å². The van der Waals surface area contributed by atoms with Crippen molar-refractivity contribution in [1.82, 2.24) is 0 Å². The maximum Gasteiger partial charge on any atom is 0.224 e. The number of aryl methyl sites for hydroxylation is 2. The van der Waals surface area contributed by atoms with Crippen molar-refractivity contribution < 1.29 is 14.6 Å². The summed E-state index contributed by atoms with van der Waals surface area (Å²) in [4.78, 5) is 13.8. The van der Waals surface area contributed by atoms with Gasteiger partial charge < -0.3 is 15.2 Å². The number of benzene rings is 4. The Morgan fingerprint density at radius 1 is 0.907 bits per heavy atom. The second kappa shape index (κ2) is 12.4. The van der Waals surface area contributed by atoms with Crippen LogP contribution in [-0.4, -0.2) is 24.2 Å². The number of carbonyl (C=O) groups is 1. The van der Waals surface area contributed by atoms with Gasteiger partial charge in [-0.3, -0.25) is 4.79 Å². The molecule has 1 unspecified atom stereocenters. The van der Waals surface area contributed by atoms with E-state index < -0.39 is 0 Å². The van der Waals surface area contributed by atoms with Gasteiger partial charge >= 0.3 is 0 Å². The van der Waals surface area contributed by atoms with Gasteiger partial charge in [-0.15, -0.1) is 0 Å². The van der Waals surface area contributed by atoms with Crippen molar-refractivity contribution in [2.24, 2.45) is 5.41 Å². The highest BCUT2D eigenvalue weighted by molar-refractivity contribution is 6.05. The molecule has 1 atom stereocenters. The van der Waals surface area contributed by atoms with Crippen LogP contribution in [0.3, 0.4) is 0 Å². The highest BCUT2D eigenvalue weighted by Gasteiger charge is 2.36. The minimum absolute atomic E-state index is 0.0242. The lowest BCUT2D eigenvalue weighted by atomic mass is 9.80. The Hall–Kier alpha value is -3.89. The largest absolute Gasteiger partial charge is 0.492 e. The van der Waals surface area contributed by atoms with Gasteiger partial charge in [0.2, 0.25) is 5.91 Å². The molecule has 43 heavy (non-hydrogen) atoms. The Balaban J connectivity index is 1.88. The van der Waals surface area contributed by atoms with Crippen LogP contribution in [0.25, 0.3) is 22.3 Å². The summed E-state index contributed by atoms with van der Waals surface area (Å²) in [5.74, 6) is 1.06. The van der Waals surface area contributed by atoms with E-state index in [4.69, 9.17) is 4.74 Å². The maximum atomic E-state index is 13.8. The number of aliphatic hydroxyl groups excluding tert-OH is 1. The van der Waals surface area contributed by atoms with E-state index in [9.17, 15) is 9.90 Å². The Morgan fingerprint density at radius 3 is 2.02 bits per heavy atom. The zero-order valence-electron chi connectivity index (χ0n) is 26.7. The fraction of sp³-hybridized carbons (Fsp3) is 0.359. The first-order chi connectivity index (χ1) is 20.5. The molecule has 1 aliphatic heterocycles. The molecule has 4 aromatic carbocycles. The zero-order chi connectivity index (χ0) is 30.9. The van der Waals surface area contributed by atoms with Crippen LogP contribution in [0.1, 0.15) is 86.3 Å². The number of hydrogen-bond acceptors (Lipinski definition) is 3. The topological polar surface area (TPSA) is 58.6 Å². The Labute approximate surface area is 257 Å². The third-order valence-electron chi connectivity index (χ3n) is 8.46. The summed E-state index contributed by atoms with van der Waals surface area (Å²) < 4.78 is 6.54. The molecule has 224 valence electrons. The zero-order valence-corrected chi connectivity index (χ0v) is 26.7. The van der Waals surface area contributed by atoms with Crippen LogP contribution in [-0.2, 0) is 11.2 Å². The molecule has 0 fully saturated rings. The van der Waals surface area contributed by atoms with Crippen molar-refractivity contribution in [1.29, 1.82) is 0 Å². The Bertz CT molecular complexity index is 1630. The molecular formula is C39H45NO3. The van der Waals surface area contributed by atoms with Gasteiger partial charge in [0, 0.05) is 41.0 Å². The predicted molar refractivity (Wildman–Crippen MR) is 178 cm³/mol. The molecule has 1 aliphatic rings. The van der Waals surface area contributed by atoms with E-state index in [2.05, 4.69) is 114 Å². The lowest BCUT2D eigenvalue weighted by Gasteiger charge is -2.27. The Morgan fingerprint density at radius 2 is 1.49 bits per heavy atom. The summed E-state index contributed by atoms with van der Waals surface area (Å²) in [5.41, 5.74) is 11.4. The van der Waals surface area contributed by atoms with Gasteiger partial charge in [0.1, 0.15) is 5.75 Å². The van der Waals surface area contributed by atoms with Crippen molar-refractivity contribution in [2.75, 3.05) is 18.5 Å². The summed E-state index contributed by atoms with van der Waals surface area (Å²) in [6.07, 6.45) is 1.02. The predicted octanol–water partition coefficient (Wildman–Crippen LogP) is 9.19. The van der Waals surface area contributed by atoms with E-state index in [0.717, 1.165) is 55.9 Å². The molecule has 0 radical (unpaired) electrons. The molecule has 4 nitrogen and oxygen atoms in total. The van der Waals surface area contributed by atoms with Crippen LogP contribution in [0.4, 0.5) is 5.69 Å². The Kier molecular flexibility index (Phi) is 8.80. The molecule has 0 saturated heterocycles. The second-order valence-electron chi connectivity index (χ2n) is 13.5. The fourth-order valence-electron chi connectivity index (χ4n) is 6.23. The number of rotatable bonds is 8. The van der Waals surface area contributed by atoms with Gasteiger partial charge in [-0.1, -0.05) is 107 Å². The molecule has 0 bridgehead atoms. The van der Waals surface area contributed by atoms with Gasteiger partial charge in [-0.2, -0.15) is 0 Å². The first-order valence-electron chi connectivity index (χ1n) is 15.5. The van der Waals surface area contributed by atoms with Crippen LogP contribution < -0.4 is 10.1 Å². The molecule has 1 amide bonds. The molecule has 0 spiro atoms. The van der Waals surface area contributed by atoms with Crippen molar-refractivity contribution in [3.63, 3.8) is 0 Å². The van der Waals surface area contributed by atoms with Gasteiger partial charge in [-0.25, -0.2) is 0 Å². The van der Waals surface area contributed by atoms with E-state index in [0.29, 0.717) is 25.4 Å². The SMILES string of the molecule is Cc1ccccc1-c1c(Cc2ccc(C(C)C)cc2)c2c(c(-c3ccccc3C)c1NC(=O)CC(C)(C)C)C(CO)CO2. The molecule has 0 aromatic heterocycles. The number of amides is 1. The first-order valence-corrected chi connectivity index (χ1v) is 15.5. The normalized spacial score (nSPS) is 14.5. The van der Waals surface area contributed by atoms with Crippen LogP contribution in [0.5, 0.6) is 5.75 Å². The smallest absolute Gasteiger partial charge is 0.224 e. The monoisotopic (exact) mass is 575 g/mol. The number of ether oxygens (including phenoxy) is 1. The minimum Gasteiger partial charge on any atom is -0.492 e. The maximum absolute atomic E-state index is 13.8. The standard InChI is InChI=1S/C39H45NO3/c1-24(2)28-18-16-27(17-19-28)20-32-35(30-14-10-8-12-25(30)3)37(40-33(42)21-39(5,6)7)36(31-15-11-9-13-26(31)4)34-29(22-41)23-43-38(32)34/h8-19,24,29,41H,20-23H2,1-7H3,(H,40,42). The van der Waals surface area contributed by atoms with Gasteiger partial charge in [0.05, 0.1) is 18.9 Å². The number of hydrogen-bond donors (Lipinski definition) is 2. The molecule has 1 heterocycles. The van der Waals surface area contributed by atoms with Gasteiger partial charge in [0.15, 0.2) is 0 Å². The summed E-state index contributed by atoms with van der Waals surface area (Å²) >= 11 is 0. The van der Waals surface area contributed by atoms with E-state index in [-0.39, 0.29) is 23.8 Å². The molecule has 5 rings (SSSR count). The van der Waals surface area contributed by atoms with E-state index in [1.807, 2.05) is 12.1 Å². The van der Waals surface area contributed by atoms with Crippen LogP contribution in [0.2, 0.25) is 0 Å². The third-order valence-corrected chi connectivity index (χ3v) is 8.46. The molecule has 4 heteroatoms. The van der Waals surface area contributed by atoms with E-state index >= 15 is 0 Å². The van der Waals surface area contributed by atoms with Crippen molar-refractivity contribution >= 4 is 11.6 Å². The quantitative estimate of drug-likeness (QED) is 0.220. The van der Waals surface area contributed by atoms with E-state index in [1.54, 1.807) is 0 Å². The van der Waals surface area contributed by atoms with Crippen molar-refractivity contribution in [2.45, 2.75) is 73.1 Å². The van der Waals surface area contributed by atoms with Crippen molar-refractivity contribution in [3.8, 4) is 28.0 Å². The number of nitrogens with one attached hydrogen (secondary N) is 1. The lowest BCUT2D eigenvalue weighted by Crippen LogP contribution is -2.21. The number of carbonyl (C=O) groups excluding carboxylic acids is 1. The number of aliphatic hydroxyl groups is 1. The van der Waals surface area contributed by atoms with Crippen molar-refractivity contribution in [3.05, 3.63) is 106 Å². The molecule has 4 aromatic rings. The summed E-state index contributed by atoms with van der Waals surface area (Å²) in [7, 11) is 0. The number of anilines is 1. The molecular weight excluding hydrogens is 530 g/mol. The van der Waals surface area contributed by atoms with Crippen LogP contribution >= 0.6 is 0 Å². The van der Waals surface area contributed by atoms with Crippen LogP contribution in [0.15, 0.2) is 72.8 Å². The first kappa shape index (κ1) is 30.6. The average Bonchev–Trinajstić information content (AvgIpc) is 3.38. The molecule has 0 saturated carbocycles. The highest BCUT2D eigenvalue weighted by Crippen LogP contribution is 2.54. The fourth-order valence-corrected chi connectivity index (χ4v) is 6.23. The summed E-state index contributed by atoms with van der Waals surface area (Å²) in [5, 5.41) is 14.0. The average molecular weight is 576 g/mol. The summed E-state index contributed by atoms with van der Waals surface area (Å²) in [6, 6.07) is 25.5. The third kappa shape index (κ3) is 6.40. The molecule has 0 aliphatic carbocycles. The van der Waals surface area contributed by atoms with E-state index in [1.165, 1.54) is 11.1 Å².